The Balaban J connectivity index is 1.76. The number of nitrogens with one attached hydrogen (secondary N) is 1. The largest absolute Gasteiger partial charge is 0.433 e. The molecule has 2 aliphatic rings. The third kappa shape index (κ3) is 2.78. The quantitative estimate of drug-likeness (QED) is 0.822. The summed E-state index contributed by atoms with van der Waals surface area (Å²) in [6, 6.07) is 0.840. The maximum absolute atomic E-state index is 12.7. The van der Waals surface area contributed by atoms with E-state index >= 15 is 0 Å². The van der Waals surface area contributed by atoms with Crippen LogP contribution in [0.5, 0.6) is 0 Å². The lowest BCUT2D eigenvalue weighted by Gasteiger charge is -2.33. The Bertz CT molecular complexity index is 554. The predicted octanol–water partition coefficient (Wildman–Crippen LogP) is 0.591. The van der Waals surface area contributed by atoms with Crippen molar-refractivity contribution in [3.8, 4) is 0 Å². The summed E-state index contributed by atoms with van der Waals surface area (Å²) in [4.78, 5) is 20.2. The van der Waals surface area contributed by atoms with Crippen molar-refractivity contribution in [3.05, 3.63) is 18.0 Å². The van der Waals surface area contributed by atoms with E-state index < -0.39 is 17.5 Å². The first kappa shape index (κ1) is 14.1. The lowest BCUT2D eigenvalue weighted by molar-refractivity contribution is -0.142. The number of hydrogen-bond acceptors (Lipinski definition) is 5. The summed E-state index contributed by atoms with van der Waals surface area (Å²) >= 11 is 0. The topological polar surface area (TPSA) is 67.3 Å². The lowest BCUT2D eigenvalue weighted by atomic mass is 10.0. The molecular weight excluding hydrogens is 289 g/mol. The van der Waals surface area contributed by atoms with Crippen molar-refractivity contribution < 1.29 is 22.7 Å². The van der Waals surface area contributed by atoms with Crippen molar-refractivity contribution >= 4 is 11.9 Å². The summed E-state index contributed by atoms with van der Waals surface area (Å²) in [6.07, 6.45) is -2.79. The number of morpholine rings is 1. The van der Waals surface area contributed by atoms with Gasteiger partial charge >= 0.3 is 6.18 Å². The monoisotopic (exact) mass is 302 g/mol. The molecule has 1 unspecified atom stereocenters. The molecule has 0 radical (unpaired) electrons. The molecule has 6 nitrogen and oxygen atoms in total. The maximum Gasteiger partial charge on any atom is 0.433 e. The molecule has 3 heterocycles. The summed E-state index contributed by atoms with van der Waals surface area (Å²) in [7, 11) is 0. The fourth-order valence-corrected chi connectivity index (χ4v) is 2.52. The van der Waals surface area contributed by atoms with E-state index in [1.807, 2.05) is 0 Å². The van der Waals surface area contributed by atoms with Crippen LogP contribution in [0.15, 0.2) is 12.3 Å². The van der Waals surface area contributed by atoms with Gasteiger partial charge in [0.05, 0.1) is 6.54 Å². The van der Waals surface area contributed by atoms with E-state index in [4.69, 9.17) is 4.74 Å². The standard InChI is InChI=1S/C12H13F3N4O2/c13-12(14,15)8-1-3-16-10(18-8)19-4-2-11(7-19)6-17-9(20)5-21-11/h1,3H,2,4-7H2,(H,17,20). The summed E-state index contributed by atoms with van der Waals surface area (Å²) in [5, 5.41) is 2.71. The molecule has 2 fully saturated rings. The highest BCUT2D eigenvalue weighted by Crippen LogP contribution is 2.31. The number of aromatic nitrogens is 2. The molecule has 1 atom stereocenters. The van der Waals surface area contributed by atoms with Crippen LogP contribution in [0.25, 0.3) is 0 Å². The van der Waals surface area contributed by atoms with Gasteiger partial charge in [0.25, 0.3) is 0 Å². The van der Waals surface area contributed by atoms with E-state index in [2.05, 4.69) is 15.3 Å². The van der Waals surface area contributed by atoms with Crippen LogP contribution in [-0.4, -0.2) is 47.7 Å². The Labute approximate surface area is 118 Å². The molecule has 1 amide bonds. The van der Waals surface area contributed by atoms with Crippen LogP contribution in [-0.2, 0) is 15.7 Å². The van der Waals surface area contributed by atoms with Crippen LogP contribution in [0.1, 0.15) is 12.1 Å². The van der Waals surface area contributed by atoms with Gasteiger partial charge in [-0.15, -0.1) is 0 Å². The first-order valence-electron chi connectivity index (χ1n) is 6.44. The normalized spacial score (nSPS) is 26.2. The molecule has 3 rings (SSSR count). The van der Waals surface area contributed by atoms with E-state index in [-0.39, 0.29) is 18.5 Å². The Morgan fingerprint density at radius 3 is 2.90 bits per heavy atom. The van der Waals surface area contributed by atoms with E-state index in [0.717, 1.165) is 12.3 Å². The molecule has 1 spiro atoms. The summed E-state index contributed by atoms with van der Waals surface area (Å²) in [6.45, 7) is 1.16. The number of carbonyl (C=O) groups excluding carboxylic acids is 1. The number of hydrogen-bond donors (Lipinski definition) is 1. The SMILES string of the molecule is O=C1COC2(CCN(c3nccc(C(F)(F)F)n3)C2)CN1. The summed E-state index contributed by atoms with van der Waals surface area (Å²) < 4.78 is 43.6. The smallest absolute Gasteiger partial charge is 0.361 e. The highest BCUT2D eigenvalue weighted by atomic mass is 19.4. The van der Waals surface area contributed by atoms with Crippen LogP contribution in [0.2, 0.25) is 0 Å². The first-order chi connectivity index (χ1) is 9.88. The Hall–Kier alpha value is -1.90. The van der Waals surface area contributed by atoms with Gasteiger partial charge in [0, 0.05) is 19.3 Å². The van der Waals surface area contributed by atoms with Gasteiger partial charge in [0.15, 0.2) is 0 Å². The molecule has 2 aliphatic heterocycles. The summed E-state index contributed by atoms with van der Waals surface area (Å²) in [5.41, 5.74) is -1.53. The van der Waals surface area contributed by atoms with Gasteiger partial charge in [0.2, 0.25) is 11.9 Å². The van der Waals surface area contributed by atoms with Gasteiger partial charge < -0.3 is 15.0 Å². The average molecular weight is 302 g/mol. The molecule has 0 aromatic carbocycles. The van der Waals surface area contributed by atoms with Crippen molar-refractivity contribution in [2.45, 2.75) is 18.2 Å². The molecule has 21 heavy (non-hydrogen) atoms. The molecule has 1 aromatic heterocycles. The Kier molecular flexibility index (Phi) is 3.23. The number of ether oxygens (including phenoxy) is 1. The van der Waals surface area contributed by atoms with Crippen molar-refractivity contribution in [2.24, 2.45) is 0 Å². The average Bonchev–Trinajstić information content (AvgIpc) is 2.86. The number of amides is 1. The Morgan fingerprint density at radius 2 is 2.24 bits per heavy atom. The summed E-state index contributed by atoms with van der Waals surface area (Å²) in [5.74, 6) is -0.156. The minimum Gasteiger partial charge on any atom is -0.361 e. The third-order valence-electron chi connectivity index (χ3n) is 3.65. The van der Waals surface area contributed by atoms with Gasteiger partial charge in [-0.2, -0.15) is 13.2 Å². The second-order valence-electron chi connectivity index (χ2n) is 5.16. The molecule has 0 aliphatic carbocycles. The zero-order chi connectivity index (χ0) is 15.1. The number of alkyl halides is 3. The van der Waals surface area contributed by atoms with Crippen molar-refractivity contribution in [1.29, 1.82) is 0 Å². The van der Waals surface area contributed by atoms with Gasteiger partial charge in [-0.1, -0.05) is 0 Å². The highest BCUT2D eigenvalue weighted by molar-refractivity contribution is 5.78. The molecule has 1 N–H and O–H groups in total. The molecule has 0 bridgehead atoms. The van der Waals surface area contributed by atoms with E-state index in [9.17, 15) is 18.0 Å². The van der Waals surface area contributed by atoms with Crippen LogP contribution in [0.4, 0.5) is 19.1 Å². The van der Waals surface area contributed by atoms with Gasteiger partial charge in [0.1, 0.15) is 17.9 Å². The number of nitrogens with zero attached hydrogens (tertiary/aromatic N) is 3. The first-order valence-corrected chi connectivity index (χ1v) is 6.44. The van der Waals surface area contributed by atoms with Gasteiger partial charge in [-0.25, -0.2) is 9.97 Å². The predicted molar refractivity (Wildman–Crippen MR) is 65.6 cm³/mol. The molecule has 2 saturated heterocycles. The third-order valence-corrected chi connectivity index (χ3v) is 3.65. The number of anilines is 1. The van der Waals surface area contributed by atoms with Gasteiger partial charge in [-0.05, 0) is 12.5 Å². The highest BCUT2D eigenvalue weighted by Gasteiger charge is 2.43. The van der Waals surface area contributed by atoms with Crippen molar-refractivity contribution in [1.82, 2.24) is 15.3 Å². The number of rotatable bonds is 1. The number of halogens is 3. The number of carbonyl (C=O) groups is 1. The van der Waals surface area contributed by atoms with Crippen LogP contribution < -0.4 is 10.2 Å². The Morgan fingerprint density at radius 1 is 1.43 bits per heavy atom. The molecule has 114 valence electrons. The zero-order valence-corrected chi connectivity index (χ0v) is 11.0. The van der Waals surface area contributed by atoms with Crippen molar-refractivity contribution in [3.63, 3.8) is 0 Å². The van der Waals surface area contributed by atoms with Gasteiger partial charge in [-0.3, -0.25) is 4.79 Å². The van der Waals surface area contributed by atoms with E-state index in [1.54, 1.807) is 4.90 Å². The van der Waals surface area contributed by atoms with E-state index in [0.29, 0.717) is 26.1 Å². The maximum atomic E-state index is 12.7. The lowest BCUT2D eigenvalue weighted by Crippen LogP contribution is -2.53. The molecule has 1 aromatic rings. The minimum atomic E-state index is -4.50. The second kappa shape index (κ2) is 4.83. The fraction of sp³-hybridized carbons (Fsp3) is 0.583. The molecule has 9 heteroatoms. The molecule has 0 saturated carbocycles. The van der Waals surface area contributed by atoms with Crippen LogP contribution >= 0.6 is 0 Å². The van der Waals surface area contributed by atoms with Crippen LogP contribution in [0, 0.1) is 0 Å². The fourth-order valence-electron chi connectivity index (χ4n) is 2.52. The second-order valence-corrected chi connectivity index (χ2v) is 5.16. The van der Waals surface area contributed by atoms with E-state index in [1.165, 1.54) is 0 Å². The zero-order valence-electron chi connectivity index (χ0n) is 11.0. The minimum absolute atomic E-state index is 0.0298. The molecular formula is C12H13F3N4O2. The van der Waals surface area contributed by atoms with Crippen molar-refractivity contribution in [2.75, 3.05) is 31.1 Å². The van der Waals surface area contributed by atoms with Crippen LogP contribution in [0.3, 0.4) is 0 Å².